The number of carbonyl (C=O) groups is 2. The van der Waals surface area contributed by atoms with Crippen LogP contribution in [0.1, 0.15) is 25.0 Å². The van der Waals surface area contributed by atoms with Gasteiger partial charge in [-0.1, -0.05) is 38.1 Å². The molecule has 1 aromatic rings. The number of amides is 2. The molecular formula is C16H22N2O3. The van der Waals surface area contributed by atoms with Gasteiger partial charge in [0.1, 0.15) is 0 Å². The Kier molecular flexibility index (Phi) is 4.83. The van der Waals surface area contributed by atoms with Crippen LogP contribution in [0.3, 0.4) is 0 Å². The number of rotatable bonds is 4. The van der Waals surface area contributed by atoms with E-state index in [1.165, 1.54) is 5.56 Å². The van der Waals surface area contributed by atoms with E-state index in [1.807, 2.05) is 32.0 Å². The molecule has 1 aromatic carbocycles. The zero-order valence-corrected chi connectivity index (χ0v) is 12.5. The average molecular weight is 290 g/mol. The zero-order chi connectivity index (χ0) is 15.4. The summed E-state index contributed by atoms with van der Waals surface area (Å²) in [4.78, 5) is 25.0. The van der Waals surface area contributed by atoms with Gasteiger partial charge in [-0.15, -0.1) is 0 Å². The Balaban J connectivity index is 1.92. The highest BCUT2D eigenvalue weighted by atomic mass is 16.4. The Morgan fingerprint density at radius 1 is 1.29 bits per heavy atom. The summed E-state index contributed by atoms with van der Waals surface area (Å²) in [7, 11) is 0. The van der Waals surface area contributed by atoms with Gasteiger partial charge in [0.2, 0.25) is 0 Å². The summed E-state index contributed by atoms with van der Waals surface area (Å²) in [6, 6.07) is 7.91. The number of fused-ring (bicyclic) bond motifs is 1. The molecule has 0 fully saturated rings. The van der Waals surface area contributed by atoms with Crippen LogP contribution in [0.25, 0.3) is 0 Å². The third-order valence-corrected chi connectivity index (χ3v) is 4.01. The molecule has 1 unspecified atom stereocenters. The Morgan fingerprint density at radius 2 is 1.95 bits per heavy atom. The van der Waals surface area contributed by atoms with Gasteiger partial charge in [0.15, 0.2) is 0 Å². The van der Waals surface area contributed by atoms with Crippen molar-refractivity contribution in [1.82, 2.24) is 10.2 Å². The van der Waals surface area contributed by atoms with E-state index in [1.54, 1.807) is 4.90 Å². The van der Waals surface area contributed by atoms with E-state index in [-0.39, 0.29) is 18.5 Å². The maximum atomic E-state index is 12.2. The van der Waals surface area contributed by atoms with Crippen molar-refractivity contribution in [3.8, 4) is 0 Å². The molecule has 114 valence electrons. The molecule has 5 heteroatoms. The van der Waals surface area contributed by atoms with Gasteiger partial charge in [-0.05, 0) is 23.5 Å². The maximum Gasteiger partial charge on any atom is 0.317 e. The number of hydrogen-bond donors (Lipinski definition) is 2. The minimum absolute atomic E-state index is 0.00937. The third kappa shape index (κ3) is 3.74. The van der Waals surface area contributed by atoms with Crippen molar-refractivity contribution < 1.29 is 14.7 Å². The second-order valence-corrected chi connectivity index (χ2v) is 5.82. The molecular weight excluding hydrogens is 268 g/mol. The lowest BCUT2D eigenvalue weighted by atomic mass is 9.96. The van der Waals surface area contributed by atoms with Crippen LogP contribution in [-0.2, 0) is 17.8 Å². The van der Waals surface area contributed by atoms with Gasteiger partial charge >= 0.3 is 12.0 Å². The average Bonchev–Trinajstić information content (AvgIpc) is 2.46. The predicted molar refractivity (Wildman–Crippen MR) is 79.9 cm³/mol. The molecule has 1 aliphatic rings. The van der Waals surface area contributed by atoms with Gasteiger partial charge in [-0.25, -0.2) is 4.79 Å². The van der Waals surface area contributed by atoms with Crippen LogP contribution in [0, 0.1) is 11.8 Å². The standard InChI is InChI=1S/C16H22N2O3/c1-11(2)14(15(19)20)9-17-16(21)18-8-7-12-5-3-4-6-13(12)10-18/h3-6,11,14H,7-10H2,1-2H3,(H,17,21)(H,19,20). The highest BCUT2D eigenvalue weighted by molar-refractivity contribution is 5.76. The van der Waals surface area contributed by atoms with Crippen molar-refractivity contribution >= 4 is 12.0 Å². The molecule has 2 N–H and O–H groups in total. The van der Waals surface area contributed by atoms with Gasteiger partial charge in [0.05, 0.1) is 5.92 Å². The van der Waals surface area contributed by atoms with Crippen molar-refractivity contribution in [2.45, 2.75) is 26.8 Å². The van der Waals surface area contributed by atoms with Gasteiger partial charge in [0.25, 0.3) is 0 Å². The highest BCUT2D eigenvalue weighted by Gasteiger charge is 2.24. The lowest BCUT2D eigenvalue weighted by Gasteiger charge is -2.29. The van der Waals surface area contributed by atoms with Crippen LogP contribution in [0.2, 0.25) is 0 Å². The van der Waals surface area contributed by atoms with Crippen LogP contribution in [0.15, 0.2) is 24.3 Å². The molecule has 0 radical (unpaired) electrons. The second-order valence-electron chi connectivity index (χ2n) is 5.82. The number of nitrogens with one attached hydrogen (secondary N) is 1. The largest absolute Gasteiger partial charge is 0.481 e. The first-order valence-corrected chi connectivity index (χ1v) is 7.31. The van der Waals surface area contributed by atoms with E-state index in [2.05, 4.69) is 11.4 Å². The van der Waals surface area contributed by atoms with Crippen molar-refractivity contribution in [1.29, 1.82) is 0 Å². The van der Waals surface area contributed by atoms with Crippen LogP contribution >= 0.6 is 0 Å². The molecule has 2 rings (SSSR count). The number of urea groups is 1. The fraction of sp³-hybridized carbons (Fsp3) is 0.500. The first kappa shape index (κ1) is 15.4. The molecule has 2 amide bonds. The number of carboxylic acids is 1. The first-order chi connectivity index (χ1) is 9.99. The topological polar surface area (TPSA) is 69.6 Å². The number of nitrogens with zero attached hydrogens (tertiary/aromatic N) is 1. The summed E-state index contributed by atoms with van der Waals surface area (Å²) in [5.74, 6) is -1.43. The molecule has 0 saturated carbocycles. The fourth-order valence-electron chi connectivity index (χ4n) is 2.59. The normalized spacial score (nSPS) is 15.5. The molecule has 0 saturated heterocycles. The number of benzene rings is 1. The monoisotopic (exact) mass is 290 g/mol. The van der Waals surface area contributed by atoms with E-state index < -0.39 is 11.9 Å². The van der Waals surface area contributed by atoms with E-state index in [0.717, 1.165) is 12.0 Å². The maximum absolute atomic E-state index is 12.2. The molecule has 1 heterocycles. The van der Waals surface area contributed by atoms with Crippen molar-refractivity contribution in [2.24, 2.45) is 11.8 Å². The number of carboxylic acid groups (broad SMARTS) is 1. The SMILES string of the molecule is CC(C)C(CNC(=O)N1CCc2ccccc2C1)C(=O)O. The Hall–Kier alpha value is -2.04. The molecule has 0 spiro atoms. The number of aliphatic carboxylic acids is 1. The smallest absolute Gasteiger partial charge is 0.317 e. The lowest BCUT2D eigenvalue weighted by Crippen LogP contribution is -2.45. The number of hydrogen-bond acceptors (Lipinski definition) is 2. The highest BCUT2D eigenvalue weighted by Crippen LogP contribution is 2.18. The van der Waals surface area contributed by atoms with Gasteiger partial charge in [-0.3, -0.25) is 4.79 Å². The predicted octanol–water partition coefficient (Wildman–Crippen LogP) is 2.11. The van der Waals surface area contributed by atoms with E-state index >= 15 is 0 Å². The second kappa shape index (κ2) is 6.61. The van der Waals surface area contributed by atoms with Crippen molar-refractivity contribution in [3.63, 3.8) is 0 Å². The van der Waals surface area contributed by atoms with Crippen LogP contribution < -0.4 is 5.32 Å². The summed E-state index contributed by atoms with van der Waals surface area (Å²) >= 11 is 0. The van der Waals surface area contributed by atoms with Gasteiger partial charge < -0.3 is 15.3 Å². The molecule has 0 aliphatic carbocycles. The summed E-state index contributed by atoms with van der Waals surface area (Å²) in [6.45, 7) is 5.12. The summed E-state index contributed by atoms with van der Waals surface area (Å²) in [6.07, 6.45) is 0.843. The summed E-state index contributed by atoms with van der Waals surface area (Å²) in [5, 5.41) is 11.9. The summed E-state index contributed by atoms with van der Waals surface area (Å²) < 4.78 is 0. The Labute approximate surface area is 125 Å². The Morgan fingerprint density at radius 3 is 2.57 bits per heavy atom. The number of carbonyl (C=O) groups excluding carboxylic acids is 1. The van der Waals surface area contributed by atoms with Crippen LogP contribution in [0.4, 0.5) is 4.79 Å². The molecule has 5 nitrogen and oxygen atoms in total. The fourth-order valence-corrected chi connectivity index (χ4v) is 2.59. The molecule has 21 heavy (non-hydrogen) atoms. The zero-order valence-electron chi connectivity index (χ0n) is 12.5. The van der Waals surface area contributed by atoms with E-state index in [9.17, 15) is 9.59 Å². The summed E-state index contributed by atoms with van der Waals surface area (Å²) in [5.41, 5.74) is 2.45. The quantitative estimate of drug-likeness (QED) is 0.892. The molecule has 1 atom stereocenters. The molecule has 0 aromatic heterocycles. The molecule has 1 aliphatic heterocycles. The minimum Gasteiger partial charge on any atom is -0.481 e. The molecule has 0 bridgehead atoms. The van der Waals surface area contributed by atoms with Gasteiger partial charge in [-0.2, -0.15) is 0 Å². The van der Waals surface area contributed by atoms with E-state index in [0.29, 0.717) is 13.1 Å². The van der Waals surface area contributed by atoms with E-state index in [4.69, 9.17) is 5.11 Å². The van der Waals surface area contributed by atoms with Gasteiger partial charge in [0, 0.05) is 19.6 Å². The van der Waals surface area contributed by atoms with Crippen LogP contribution in [-0.4, -0.2) is 35.1 Å². The minimum atomic E-state index is -0.866. The van der Waals surface area contributed by atoms with Crippen molar-refractivity contribution in [2.75, 3.05) is 13.1 Å². The van der Waals surface area contributed by atoms with Crippen molar-refractivity contribution in [3.05, 3.63) is 35.4 Å². The third-order valence-electron chi connectivity index (χ3n) is 4.01. The lowest BCUT2D eigenvalue weighted by molar-refractivity contribution is -0.142. The Bertz CT molecular complexity index is 528. The first-order valence-electron chi connectivity index (χ1n) is 7.31. The van der Waals surface area contributed by atoms with Crippen LogP contribution in [0.5, 0.6) is 0 Å².